The van der Waals surface area contributed by atoms with E-state index in [2.05, 4.69) is 46.3 Å². The summed E-state index contributed by atoms with van der Waals surface area (Å²) in [5.41, 5.74) is 1.32. The van der Waals surface area contributed by atoms with Gasteiger partial charge in [-0.15, -0.1) is 0 Å². The standard InChI is InChI=1S/C14H21BrN2/c1-10-4-3-5-13(10)14(16-2)7-11-6-12(15)9-17-8-11/h6,8-10,13-14,16H,3-5,7H2,1-2H3. The molecule has 1 saturated carbocycles. The molecular formula is C14H21BrN2. The molecule has 3 unspecified atom stereocenters. The summed E-state index contributed by atoms with van der Waals surface area (Å²) in [4.78, 5) is 4.24. The van der Waals surface area contributed by atoms with Crippen molar-refractivity contribution in [3.63, 3.8) is 0 Å². The van der Waals surface area contributed by atoms with Crippen LogP contribution in [0, 0.1) is 11.8 Å². The van der Waals surface area contributed by atoms with E-state index in [9.17, 15) is 0 Å². The minimum atomic E-state index is 0.587. The lowest BCUT2D eigenvalue weighted by Gasteiger charge is -2.26. The molecule has 1 N–H and O–H groups in total. The van der Waals surface area contributed by atoms with Crippen molar-refractivity contribution in [1.29, 1.82) is 0 Å². The van der Waals surface area contributed by atoms with E-state index in [1.54, 1.807) is 0 Å². The number of likely N-dealkylation sites (N-methyl/N-ethyl adjacent to an activating group) is 1. The second-order valence-corrected chi connectivity index (χ2v) is 6.10. The van der Waals surface area contributed by atoms with E-state index >= 15 is 0 Å². The third-order valence-electron chi connectivity index (χ3n) is 4.03. The first-order chi connectivity index (χ1) is 8.20. The number of hydrogen-bond donors (Lipinski definition) is 1. The average Bonchev–Trinajstić information content (AvgIpc) is 2.72. The zero-order valence-electron chi connectivity index (χ0n) is 10.6. The van der Waals surface area contributed by atoms with E-state index in [-0.39, 0.29) is 0 Å². The molecular weight excluding hydrogens is 276 g/mol. The van der Waals surface area contributed by atoms with Gasteiger partial charge < -0.3 is 5.32 Å². The Hall–Kier alpha value is -0.410. The van der Waals surface area contributed by atoms with Gasteiger partial charge in [0.25, 0.3) is 0 Å². The molecule has 0 saturated heterocycles. The molecule has 0 amide bonds. The fraction of sp³-hybridized carbons (Fsp3) is 0.643. The first kappa shape index (κ1) is 13.0. The van der Waals surface area contributed by atoms with Gasteiger partial charge in [-0.05, 0) is 59.3 Å². The summed E-state index contributed by atoms with van der Waals surface area (Å²) in [6, 6.07) is 2.76. The third kappa shape index (κ3) is 3.29. The van der Waals surface area contributed by atoms with Crippen molar-refractivity contribution in [2.45, 2.75) is 38.6 Å². The van der Waals surface area contributed by atoms with Gasteiger partial charge in [0.15, 0.2) is 0 Å². The second-order valence-electron chi connectivity index (χ2n) is 5.18. The summed E-state index contributed by atoms with van der Waals surface area (Å²) in [5.74, 6) is 1.67. The van der Waals surface area contributed by atoms with Crippen molar-refractivity contribution >= 4 is 15.9 Å². The molecule has 1 heterocycles. The molecule has 0 aliphatic heterocycles. The molecule has 1 aliphatic carbocycles. The van der Waals surface area contributed by atoms with Gasteiger partial charge in [0, 0.05) is 22.9 Å². The molecule has 3 atom stereocenters. The number of halogens is 1. The van der Waals surface area contributed by atoms with Crippen LogP contribution < -0.4 is 5.32 Å². The van der Waals surface area contributed by atoms with Crippen LogP contribution >= 0.6 is 15.9 Å². The minimum Gasteiger partial charge on any atom is -0.316 e. The van der Waals surface area contributed by atoms with Gasteiger partial charge in [-0.3, -0.25) is 4.98 Å². The Morgan fingerprint density at radius 2 is 2.29 bits per heavy atom. The molecule has 1 fully saturated rings. The maximum Gasteiger partial charge on any atom is 0.0410 e. The van der Waals surface area contributed by atoms with Crippen LogP contribution in [0.4, 0.5) is 0 Å². The Bertz CT molecular complexity index is 367. The van der Waals surface area contributed by atoms with Gasteiger partial charge in [0.1, 0.15) is 0 Å². The predicted molar refractivity (Wildman–Crippen MR) is 75.0 cm³/mol. The van der Waals surface area contributed by atoms with E-state index in [4.69, 9.17) is 0 Å². The number of pyridine rings is 1. The van der Waals surface area contributed by atoms with Crippen LogP contribution in [0.1, 0.15) is 31.7 Å². The van der Waals surface area contributed by atoms with Crippen LogP contribution in [0.3, 0.4) is 0 Å². The molecule has 94 valence electrons. The molecule has 0 bridgehead atoms. The van der Waals surface area contributed by atoms with Crippen LogP contribution in [0.5, 0.6) is 0 Å². The van der Waals surface area contributed by atoms with Gasteiger partial charge in [0.05, 0.1) is 0 Å². The van der Waals surface area contributed by atoms with Crippen LogP contribution in [0.2, 0.25) is 0 Å². The SMILES string of the molecule is CNC(Cc1cncc(Br)c1)C1CCCC1C. The first-order valence-electron chi connectivity index (χ1n) is 6.47. The van der Waals surface area contributed by atoms with E-state index in [1.807, 2.05) is 12.4 Å². The second kappa shape index (κ2) is 5.96. The van der Waals surface area contributed by atoms with Gasteiger partial charge in [-0.1, -0.05) is 19.8 Å². The highest BCUT2D eigenvalue weighted by Crippen LogP contribution is 2.34. The average molecular weight is 297 g/mol. The lowest BCUT2D eigenvalue weighted by molar-refractivity contribution is 0.308. The number of nitrogens with zero attached hydrogens (tertiary/aromatic N) is 1. The van der Waals surface area contributed by atoms with Crippen molar-refractivity contribution in [2.75, 3.05) is 7.05 Å². The summed E-state index contributed by atoms with van der Waals surface area (Å²) < 4.78 is 1.07. The highest BCUT2D eigenvalue weighted by Gasteiger charge is 2.29. The van der Waals surface area contributed by atoms with Crippen molar-refractivity contribution < 1.29 is 0 Å². The normalized spacial score (nSPS) is 26.1. The van der Waals surface area contributed by atoms with Crippen LogP contribution in [-0.4, -0.2) is 18.1 Å². The summed E-state index contributed by atoms with van der Waals surface area (Å²) in [6.07, 6.45) is 9.05. The Morgan fingerprint density at radius 3 is 2.88 bits per heavy atom. The predicted octanol–water partition coefficient (Wildman–Crippen LogP) is 3.41. The monoisotopic (exact) mass is 296 g/mol. The Labute approximate surface area is 112 Å². The van der Waals surface area contributed by atoms with Crippen LogP contribution in [0.15, 0.2) is 22.9 Å². The fourth-order valence-corrected chi connectivity index (χ4v) is 3.47. The summed E-state index contributed by atoms with van der Waals surface area (Å²) in [7, 11) is 2.08. The molecule has 0 spiro atoms. The van der Waals surface area contributed by atoms with Crippen LogP contribution in [0.25, 0.3) is 0 Å². The van der Waals surface area contributed by atoms with Crippen molar-refractivity contribution in [1.82, 2.24) is 10.3 Å². The largest absolute Gasteiger partial charge is 0.316 e. The third-order valence-corrected chi connectivity index (χ3v) is 4.47. The molecule has 17 heavy (non-hydrogen) atoms. The molecule has 2 nitrogen and oxygen atoms in total. The minimum absolute atomic E-state index is 0.587. The molecule has 0 radical (unpaired) electrons. The topological polar surface area (TPSA) is 24.9 Å². The smallest absolute Gasteiger partial charge is 0.0410 e. The lowest BCUT2D eigenvalue weighted by atomic mass is 9.87. The Morgan fingerprint density at radius 1 is 1.47 bits per heavy atom. The van der Waals surface area contributed by atoms with Crippen molar-refractivity contribution in [2.24, 2.45) is 11.8 Å². The van der Waals surface area contributed by atoms with Gasteiger partial charge in [-0.25, -0.2) is 0 Å². The zero-order chi connectivity index (χ0) is 12.3. The lowest BCUT2D eigenvalue weighted by Crippen LogP contribution is -2.36. The maximum atomic E-state index is 4.24. The molecule has 1 aliphatic rings. The van der Waals surface area contributed by atoms with Crippen molar-refractivity contribution in [3.05, 3.63) is 28.5 Å². The summed E-state index contributed by atoms with van der Waals surface area (Å²) in [5, 5.41) is 3.50. The van der Waals surface area contributed by atoms with Gasteiger partial charge >= 0.3 is 0 Å². The highest BCUT2D eigenvalue weighted by molar-refractivity contribution is 9.10. The quantitative estimate of drug-likeness (QED) is 0.921. The number of hydrogen-bond acceptors (Lipinski definition) is 2. The number of rotatable bonds is 4. The van der Waals surface area contributed by atoms with Gasteiger partial charge in [-0.2, -0.15) is 0 Å². The van der Waals surface area contributed by atoms with E-state index < -0.39 is 0 Å². The highest BCUT2D eigenvalue weighted by atomic mass is 79.9. The Kier molecular flexibility index (Phi) is 4.57. The van der Waals surface area contributed by atoms with E-state index in [1.165, 1.54) is 24.8 Å². The molecule has 1 aromatic rings. The van der Waals surface area contributed by atoms with Crippen molar-refractivity contribution in [3.8, 4) is 0 Å². The zero-order valence-corrected chi connectivity index (χ0v) is 12.2. The molecule has 0 aromatic carbocycles. The van der Waals surface area contributed by atoms with Crippen LogP contribution in [-0.2, 0) is 6.42 Å². The van der Waals surface area contributed by atoms with E-state index in [0.717, 1.165) is 22.7 Å². The number of nitrogens with one attached hydrogen (secondary N) is 1. The van der Waals surface area contributed by atoms with E-state index in [0.29, 0.717) is 6.04 Å². The molecule has 2 rings (SSSR count). The fourth-order valence-electron chi connectivity index (χ4n) is 3.06. The maximum absolute atomic E-state index is 4.24. The van der Waals surface area contributed by atoms with Gasteiger partial charge in [0.2, 0.25) is 0 Å². The Balaban J connectivity index is 2.04. The summed E-state index contributed by atoms with van der Waals surface area (Å²) >= 11 is 3.49. The number of aromatic nitrogens is 1. The first-order valence-corrected chi connectivity index (χ1v) is 7.26. The summed E-state index contributed by atoms with van der Waals surface area (Å²) in [6.45, 7) is 2.39. The molecule has 1 aromatic heterocycles. The molecule has 3 heteroatoms.